The van der Waals surface area contributed by atoms with Crippen LogP contribution in [0.15, 0.2) is 30.6 Å². The van der Waals surface area contributed by atoms with Crippen LogP contribution in [0, 0.1) is 6.92 Å². The minimum atomic E-state index is -0.423. The number of amides is 2. The fourth-order valence-electron chi connectivity index (χ4n) is 2.79. The summed E-state index contributed by atoms with van der Waals surface area (Å²) in [5.74, 6) is 0.306. The van der Waals surface area contributed by atoms with E-state index in [0.717, 1.165) is 18.4 Å². The van der Waals surface area contributed by atoms with Crippen LogP contribution in [0.4, 0.5) is 11.6 Å². The molecule has 2 aliphatic rings. The lowest BCUT2D eigenvalue weighted by Gasteiger charge is -2.28. The first-order valence-corrected chi connectivity index (χ1v) is 7.22. The molecule has 2 aromatic heterocycles. The van der Waals surface area contributed by atoms with Gasteiger partial charge in [-0.05, 0) is 43.5 Å². The number of hydrogen-bond donors (Lipinski definition) is 1. The van der Waals surface area contributed by atoms with Crippen LogP contribution < -0.4 is 10.2 Å². The highest BCUT2D eigenvalue weighted by atomic mass is 16.2. The molecular formula is C16H14N4O2. The molecule has 1 fully saturated rings. The van der Waals surface area contributed by atoms with Crippen LogP contribution in [0.3, 0.4) is 0 Å². The van der Waals surface area contributed by atoms with Gasteiger partial charge in [0.25, 0.3) is 11.8 Å². The SMILES string of the molecule is Cc1ccnc2c1C(=O)NC(=O)c1cccnc1N2C1CC1. The van der Waals surface area contributed by atoms with Gasteiger partial charge in [-0.25, -0.2) is 9.97 Å². The predicted molar refractivity (Wildman–Crippen MR) is 80.2 cm³/mol. The van der Waals surface area contributed by atoms with Gasteiger partial charge in [0.2, 0.25) is 0 Å². The van der Waals surface area contributed by atoms with Crippen molar-refractivity contribution in [3.8, 4) is 0 Å². The number of hydrogen-bond acceptors (Lipinski definition) is 5. The van der Waals surface area contributed by atoms with E-state index < -0.39 is 11.8 Å². The molecule has 6 nitrogen and oxygen atoms in total. The van der Waals surface area contributed by atoms with E-state index in [0.29, 0.717) is 22.8 Å². The molecule has 22 heavy (non-hydrogen) atoms. The summed E-state index contributed by atoms with van der Waals surface area (Å²) in [5, 5.41) is 2.43. The Morgan fingerprint density at radius 1 is 1.09 bits per heavy atom. The fraction of sp³-hybridized carbons (Fsp3) is 0.250. The van der Waals surface area contributed by atoms with Gasteiger partial charge in [-0.2, -0.15) is 0 Å². The van der Waals surface area contributed by atoms with Gasteiger partial charge in [-0.3, -0.25) is 14.9 Å². The molecule has 110 valence electrons. The second-order valence-corrected chi connectivity index (χ2v) is 5.59. The zero-order chi connectivity index (χ0) is 15.3. The second-order valence-electron chi connectivity index (χ2n) is 5.59. The van der Waals surface area contributed by atoms with Crippen molar-refractivity contribution in [2.45, 2.75) is 25.8 Å². The Morgan fingerprint density at radius 2 is 1.86 bits per heavy atom. The molecule has 0 unspecified atom stereocenters. The van der Waals surface area contributed by atoms with E-state index in [2.05, 4.69) is 15.3 Å². The molecule has 1 aliphatic carbocycles. The predicted octanol–water partition coefficient (Wildman–Crippen LogP) is 1.97. The average molecular weight is 294 g/mol. The standard InChI is InChI=1S/C16H14N4O2/c1-9-6-8-18-14-12(9)16(22)19-15(21)11-3-2-7-17-13(11)20(14)10-4-5-10/h2-3,6-8,10H,4-5H2,1H3,(H,19,21,22). The van der Waals surface area contributed by atoms with Gasteiger partial charge in [0.05, 0.1) is 11.1 Å². The summed E-state index contributed by atoms with van der Waals surface area (Å²) >= 11 is 0. The Balaban J connectivity index is 2.02. The monoisotopic (exact) mass is 294 g/mol. The number of carbonyl (C=O) groups excluding carboxylic acids is 2. The summed E-state index contributed by atoms with van der Waals surface area (Å²) in [6.07, 6.45) is 5.34. The van der Waals surface area contributed by atoms with Gasteiger partial charge >= 0.3 is 0 Å². The number of nitrogens with one attached hydrogen (secondary N) is 1. The zero-order valence-corrected chi connectivity index (χ0v) is 12.0. The van der Waals surface area contributed by atoms with Gasteiger partial charge in [-0.15, -0.1) is 0 Å². The molecule has 3 heterocycles. The first-order valence-electron chi connectivity index (χ1n) is 7.22. The molecule has 0 radical (unpaired) electrons. The maximum atomic E-state index is 12.5. The third kappa shape index (κ3) is 1.88. The van der Waals surface area contributed by atoms with Crippen molar-refractivity contribution in [1.29, 1.82) is 0 Å². The lowest BCUT2D eigenvalue weighted by atomic mass is 10.1. The molecular weight excluding hydrogens is 280 g/mol. The minimum absolute atomic E-state index is 0.236. The van der Waals surface area contributed by atoms with Gasteiger partial charge < -0.3 is 4.90 Å². The summed E-state index contributed by atoms with van der Waals surface area (Å²) in [5.41, 5.74) is 1.64. The largest absolute Gasteiger partial charge is 0.307 e. The van der Waals surface area contributed by atoms with Crippen LogP contribution in [0.2, 0.25) is 0 Å². The van der Waals surface area contributed by atoms with Crippen LogP contribution >= 0.6 is 0 Å². The normalized spacial score (nSPS) is 17.2. The van der Waals surface area contributed by atoms with Crippen molar-refractivity contribution in [1.82, 2.24) is 15.3 Å². The molecule has 0 saturated heterocycles. The van der Waals surface area contributed by atoms with Gasteiger partial charge in [0, 0.05) is 18.4 Å². The minimum Gasteiger partial charge on any atom is -0.307 e. The zero-order valence-electron chi connectivity index (χ0n) is 12.0. The quantitative estimate of drug-likeness (QED) is 0.814. The van der Waals surface area contributed by atoms with E-state index in [4.69, 9.17) is 0 Å². The molecule has 1 N–H and O–H groups in total. The van der Waals surface area contributed by atoms with E-state index in [1.165, 1.54) is 0 Å². The number of pyridine rings is 2. The maximum absolute atomic E-state index is 12.5. The van der Waals surface area contributed by atoms with Crippen LogP contribution in [-0.4, -0.2) is 27.8 Å². The fourth-order valence-corrected chi connectivity index (χ4v) is 2.79. The number of aromatic nitrogens is 2. The maximum Gasteiger partial charge on any atom is 0.262 e. The number of carbonyl (C=O) groups is 2. The number of anilines is 2. The summed E-state index contributed by atoms with van der Waals surface area (Å²) in [4.78, 5) is 35.6. The van der Waals surface area contributed by atoms with Gasteiger partial charge in [0.1, 0.15) is 11.6 Å². The van der Waals surface area contributed by atoms with Gasteiger partial charge in [0.15, 0.2) is 0 Å². The summed E-state index contributed by atoms with van der Waals surface area (Å²) in [7, 11) is 0. The summed E-state index contributed by atoms with van der Waals surface area (Å²) in [6.45, 7) is 1.84. The molecule has 0 aromatic carbocycles. The van der Waals surface area contributed by atoms with Crippen LogP contribution in [-0.2, 0) is 0 Å². The Hall–Kier alpha value is -2.76. The molecule has 4 rings (SSSR count). The topological polar surface area (TPSA) is 75.2 Å². The first kappa shape index (κ1) is 12.9. The average Bonchev–Trinajstić information content (AvgIpc) is 3.31. The molecule has 0 spiro atoms. The van der Waals surface area contributed by atoms with E-state index in [1.54, 1.807) is 30.6 Å². The third-order valence-corrected chi connectivity index (χ3v) is 3.99. The van der Waals surface area contributed by atoms with E-state index >= 15 is 0 Å². The van der Waals surface area contributed by atoms with Crippen LogP contribution in [0.1, 0.15) is 39.1 Å². The highest BCUT2D eigenvalue weighted by Crippen LogP contribution is 2.40. The first-order chi connectivity index (χ1) is 10.7. The molecule has 2 amide bonds. The Labute approximate surface area is 127 Å². The van der Waals surface area contributed by atoms with Crippen molar-refractivity contribution in [2.24, 2.45) is 0 Å². The second kappa shape index (κ2) is 4.62. The molecule has 6 heteroatoms. The molecule has 0 bridgehead atoms. The van der Waals surface area contributed by atoms with Crippen molar-refractivity contribution in [3.05, 3.63) is 47.3 Å². The number of fused-ring (bicyclic) bond motifs is 2. The number of nitrogens with zero attached hydrogens (tertiary/aromatic N) is 3. The smallest absolute Gasteiger partial charge is 0.262 e. The molecule has 0 atom stereocenters. The van der Waals surface area contributed by atoms with Gasteiger partial charge in [-0.1, -0.05) is 0 Å². The Morgan fingerprint density at radius 3 is 2.64 bits per heavy atom. The molecule has 1 aliphatic heterocycles. The highest BCUT2D eigenvalue weighted by molar-refractivity contribution is 6.16. The lowest BCUT2D eigenvalue weighted by molar-refractivity contribution is 0.0848. The van der Waals surface area contributed by atoms with E-state index in [1.807, 2.05) is 11.8 Å². The lowest BCUT2D eigenvalue weighted by Crippen LogP contribution is -2.38. The number of imide groups is 1. The van der Waals surface area contributed by atoms with Crippen LogP contribution in [0.5, 0.6) is 0 Å². The Bertz CT molecular complexity index is 798. The van der Waals surface area contributed by atoms with Crippen molar-refractivity contribution >= 4 is 23.5 Å². The summed E-state index contributed by atoms with van der Waals surface area (Å²) < 4.78 is 0. The van der Waals surface area contributed by atoms with Crippen molar-refractivity contribution < 1.29 is 9.59 Å². The number of aryl methyl sites for hydroxylation is 1. The molecule has 2 aromatic rings. The Kier molecular flexibility index (Phi) is 2.72. The van der Waals surface area contributed by atoms with Crippen molar-refractivity contribution in [2.75, 3.05) is 4.90 Å². The third-order valence-electron chi connectivity index (χ3n) is 3.99. The number of rotatable bonds is 1. The van der Waals surface area contributed by atoms with Crippen molar-refractivity contribution in [3.63, 3.8) is 0 Å². The van der Waals surface area contributed by atoms with E-state index in [-0.39, 0.29) is 6.04 Å². The summed E-state index contributed by atoms with van der Waals surface area (Å²) in [6, 6.07) is 5.39. The van der Waals surface area contributed by atoms with E-state index in [9.17, 15) is 9.59 Å². The van der Waals surface area contributed by atoms with Crippen LogP contribution in [0.25, 0.3) is 0 Å². The highest BCUT2D eigenvalue weighted by Gasteiger charge is 2.38. The molecule has 1 saturated carbocycles.